The predicted molar refractivity (Wildman–Crippen MR) is 161 cm³/mol. The lowest BCUT2D eigenvalue weighted by molar-refractivity contribution is 0.103. The maximum atomic E-state index is 12.6. The summed E-state index contributed by atoms with van der Waals surface area (Å²) in [6, 6.07) is 28.5. The maximum Gasteiger partial charge on any atom is 0.193 e. The van der Waals surface area contributed by atoms with Crippen LogP contribution in [0.15, 0.2) is 97.1 Å². The van der Waals surface area contributed by atoms with Crippen molar-refractivity contribution in [3.05, 3.63) is 125 Å². The molecule has 204 valence electrons. The van der Waals surface area contributed by atoms with Crippen molar-refractivity contribution in [2.24, 2.45) is 0 Å². The van der Waals surface area contributed by atoms with Crippen LogP contribution >= 0.6 is 0 Å². The van der Waals surface area contributed by atoms with Crippen LogP contribution in [0.25, 0.3) is 0 Å². The third-order valence-electron chi connectivity index (χ3n) is 5.84. The largest absolute Gasteiger partial charge is 0.497 e. The van der Waals surface area contributed by atoms with Crippen LogP contribution in [0.3, 0.4) is 0 Å². The van der Waals surface area contributed by atoms with Crippen LogP contribution in [-0.2, 0) is 0 Å². The van der Waals surface area contributed by atoms with Crippen LogP contribution < -0.4 is 9.47 Å². The minimum absolute atomic E-state index is 0.0297. The quantitative estimate of drug-likeness (QED) is 0.205. The highest BCUT2D eigenvalue weighted by atomic mass is 16.5. The van der Waals surface area contributed by atoms with E-state index in [9.17, 15) is 9.59 Å². The maximum absolute atomic E-state index is 12.6. The lowest BCUT2D eigenvalue weighted by Gasteiger charge is -2.08. The molecule has 0 atom stereocenters. The van der Waals surface area contributed by atoms with Gasteiger partial charge in [0.15, 0.2) is 11.6 Å². The molecule has 0 aliphatic carbocycles. The molecule has 0 saturated heterocycles. The molecule has 39 heavy (non-hydrogen) atoms. The van der Waals surface area contributed by atoms with E-state index in [2.05, 4.69) is 13.8 Å². The van der Waals surface area contributed by atoms with E-state index in [1.54, 1.807) is 79.9 Å². The number of rotatable bonds is 9. The number of benzene rings is 4. The summed E-state index contributed by atoms with van der Waals surface area (Å²) in [6.07, 6.45) is 4.08. The SMILES string of the molecule is CC.CCCCC.COc1ccc(C(=O)c2ccc(Oc3ccc(C(=O)c4ccc(C)cc4)cc3)cc2)cc1. The van der Waals surface area contributed by atoms with Gasteiger partial charge in [0.25, 0.3) is 0 Å². The van der Waals surface area contributed by atoms with Gasteiger partial charge in [0.2, 0.25) is 0 Å². The summed E-state index contributed by atoms with van der Waals surface area (Å²) >= 11 is 0. The van der Waals surface area contributed by atoms with E-state index in [-0.39, 0.29) is 11.6 Å². The Kier molecular flexibility index (Phi) is 13.2. The normalized spacial score (nSPS) is 9.79. The zero-order valence-corrected chi connectivity index (χ0v) is 24.0. The van der Waals surface area contributed by atoms with Crippen LogP contribution in [0.5, 0.6) is 17.2 Å². The number of unbranched alkanes of at least 4 members (excludes halogenated alkanes) is 2. The number of carbonyl (C=O) groups is 2. The topological polar surface area (TPSA) is 52.6 Å². The van der Waals surface area contributed by atoms with Gasteiger partial charge in [-0.2, -0.15) is 0 Å². The molecule has 0 fully saturated rings. The number of hydrogen-bond acceptors (Lipinski definition) is 4. The summed E-state index contributed by atoms with van der Waals surface area (Å²) in [4.78, 5) is 25.2. The highest BCUT2D eigenvalue weighted by Gasteiger charge is 2.11. The van der Waals surface area contributed by atoms with Gasteiger partial charge in [-0.25, -0.2) is 0 Å². The van der Waals surface area contributed by atoms with E-state index >= 15 is 0 Å². The summed E-state index contributed by atoms with van der Waals surface area (Å²) in [5, 5.41) is 0. The molecule has 4 heteroatoms. The summed E-state index contributed by atoms with van der Waals surface area (Å²) in [5.74, 6) is 1.82. The van der Waals surface area contributed by atoms with Gasteiger partial charge >= 0.3 is 0 Å². The van der Waals surface area contributed by atoms with E-state index in [4.69, 9.17) is 9.47 Å². The molecule has 4 aromatic rings. The molecule has 0 aliphatic rings. The number of methoxy groups -OCH3 is 1. The molecular weight excluding hydrogens is 484 g/mol. The van der Waals surface area contributed by atoms with Crippen molar-refractivity contribution in [1.82, 2.24) is 0 Å². The Balaban J connectivity index is 0.000000686. The van der Waals surface area contributed by atoms with E-state index < -0.39 is 0 Å². The van der Waals surface area contributed by atoms with Crippen molar-refractivity contribution in [3.63, 3.8) is 0 Å². The first-order valence-electron chi connectivity index (χ1n) is 13.6. The van der Waals surface area contributed by atoms with E-state index in [1.807, 2.05) is 45.0 Å². The molecule has 0 spiro atoms. The van der Waals surface area contributed by atoms with Crippen molar-refractivity contribution < 1.29 is 19.1 Å². The van der Waals surface area contributed by atoms with Crippen molar-refractivity contribution in [2.75, 3.05) is 7.11 Å². The van der Waals surface area contributed by atoms with Gasteiger partial charge in [-0.3, -0.25) is 9.59 Å². The summed E-state index contributed by atoms with van der Waals surface area (Å²) in [5.41, 5.74) is 3.53. The lowest BCUT2D eigenvalue weighted by Crippen LogP contribution is -2.01. The number of ether oxygens (including phenoxy) is 2. The molecule has 0 aromatic heterocycles. The van der Waals surface area contributed by atoms with Gasteiger partial charge < -0.3 is 9.47 Å². The first kappa shape index (κ1) is 31.0. The third kappa shape index (κ3) is 9.57. The van der Waals surface area contributed by atoms with Gasteiger partial charge in [0.05, 0.1) is 7.11 Å². The van der Waals surface area contributed by atoms with Crippen LogP contribution in [0, 0.1) is 6.92 Å². The van der Waals surface area contributed by atoms with Crippen molar-refractivity contribution in [2.45, 2.75) is 53.9 Å². The second-order valence-corrected chi connectivity index (χ2v) is 8.76. The van der Waals surface area contributed by atoms with Crippen LogP contribution in [0.4, 0.5) is 0 Å². The fourth-order valence-electron chi connectivity index (χ4n) is 3.62. The van der Waals surface area contributed by atoms with Crippen molar-refractivity contribution >= 4 is 11.6 Å². The molecule has 0 heterocycles. The number of carbonyl (C=O) groups excluding carboxylic acids is 2. The molecule has 0 N–H and O–H groups in total. The summed E-state index contributed by atoms with van der Waals surface area (Å²) in [7, 11) is 1.59. The zero-order chi connectivity index (χ0) is 28.6. The highest BCUT2D eigenvalue weighted by molar-refractivity contribution is 6.09. The van der Waals surface area contributed by atoms with Gasteiger partial charge in [-0.05, 0) is 79.7 Å². The molecule has 0 radical (unpaired) electrons. The lowest BCUT2D eigenvalue weighted by atomic mass is 10.0. The van der Waals surface area contributed by atoms with Crippen molar-refractivity contribution in [3.8, 4) is 17.2 Å². The smallest absolute Gasteiger partial charge is 0.193 e. The van der Waals surface area contributed by atoms with Gasteiger partial charge in [0, 0.05) is 22.3 Å². The summed E-state index contributed by atoms with van der Waals surface area (Å²) < 4.78 is 11.0. The Labute approximate surface area is 233 Å². The van der Waals surface area contributed by atoms with E-state index in [1.165, 1.54) is 19.3 Å². The number of hydrogen-bond donors (Lipinski definition) is 0. The summed E-state index contributed by atoms with van der Waals surface area (Å²) in [6.45, 7) is 10.4. The molecule has 0 aliphatic heterocycles. The fourth-order valence-corrected chi connectivity index (χ4v) is 3.62. The zero-order valence-electron chi connectivity index (χ0n) is 24.0. The molecule has 4 aromatic carbocycles. The molecular formula is C35H40O4. The third-order valence-corrected chi connectivity index (χ3v) is 5.84. The first-order valence-corrected chi connectivity index (χ1v) is 13.6. The van der Waals surface area contributed by atoms with Crippen LogP contribution in [-0.4, -0.2) is 18.7 Å². The molecule has 4 rings (SSSR count). The average molecular weight is 525 g/mol. The van der Waals surface area contributed by atoms with Crippen LogP contribution in [0.1, 0.15) is 84.4 Å². The Morgan fingerprint density at radius 1 is 0.538 bits per heavy atom. The van der Waals surface area contributed by atoms with Gasteiger partial charge in [0.1, 0.15) is 17.2 Å². The molecule has 0 bridgehead atoms. The Bertz CT molecular complexity index is 1270. The first-order chi connectivity index (χ1) is 18.9. The van der Waals surface area contributed by atoms with Crippen LogP contribution in [0.2, 0.25) is 0 Å². The second kappa shape index (κ2) is 16.6. The number of ketones is 2. The average Bonchev–Trinajstić information content (AvgIpc) is 2.99. The van der Waals surface area contributed by atoms with E-state index in [0.717, 1.165) is 5.56 Å². The minimum Gasteiger partial charge on any atom is -0.497 e. The molecule has 0 unspecified atom stereocenters. The molecule has 0 amide bonds. The molecule has 0 saturated carbocycles. The highest BCUT2D eigenvalue weighted by Crippen LogP contribution is 2.24. The van der Waals surface area contributed by atoms with Crippen molar-refractivity contribution in [1.29, 1.82) is 0 Å². The van der Waals surface area contributed by atoms with Gasteiger partial charge in [-0.1, -0.05) is 76.8 Å². The fraction of sp³-hybridized carbons (Fsp3) is 0.257. The minimum atomic E-state index is -0.0711. The van der Waals surface area contributed by atoms with Gasteiger partial charge in [-0.15, -0.1) is 0 Å². The molecule has 4 nitrogen and oxygen atoms in total. The monoisotopic (exact) mass is 524 g/mol. The number of aryl methyl sites for hydroxylation is 1. The second-order valence-electron chi connectivity index (χ2n) is 8.76. The standard InChI is InChI=1S/C28H22O4.C5H12.C2H6/c1-19-3-5-20(6-4-19)27(29)22-9-15-25(16-10-22)32-26-17-11-23(12-18-26)28(30)21-7-13-24(31-2)14-8-21;1-3-5-4-2;1-2/h3-18H,1-2H3;3-5H2,1-2H3;1-2H3. The Morgan fingerprint density at radius 2 is 0.846 bits per heavy atom. The Morgan fingerprint density at radius 3 is 1.13 bits per heavy atom. The van der Waals surface area contributed by atoms with E-state index in [0.29, 0.717) is 39.5 Å². The Hall–Kier alpha value is -4.18. The predicted octanol–water partition coefficient (Wildman–Crippen LogP) is 9.48.